The molecule has 4 aromatic rings. The quantitative estimate of drug-likeness (QED) is 0.490. The number of oxazole rings is 1. The Hall–Kier alpha value is -3.60. The second kappa shape index (κ2) is 7.33. The molecule has 2 heterocycles. The van der Waals surface area contributed by atoms with Gasteiger partial charge in [0.25, 0.3) is 0 Å². The summed E-state index contributed by atoms with van der Waals surface area (Å²) in [5, 5.41) is 0. The van der Waals surface area contributed by atoms with E-state index < -0.39 is 0 Å². The first-order valence-corrected chi connectivity index (χ1v) is 8.63. The molecule has 0 fully saturated rings. The zero-order valence-corrected chi connectivity index (χ0v) is 15.0. The van der Waals surface area contributed by atoms with E-state index in [9.17, 15) is 0 Å². The smallest absolute Gasteiger partial charge is 0.226 e. The fraction of sp³-hybridized carbons (Fsp3) is 0.0909. The molecule has 0 radical (unpaired) electrons. The Kier molecular flexibility index (Phi) is 4.58. The number of aromatic nitrogens is 3. The maximum absolute atomic E-state index is 6.06. The molecule has 134 valence electrons. The number of hydrogen-bond acceptors (Lipinski definition) is 4. The van der Waals surface area contributed by atoms with Crippen LogP contribution in [0.15, 0.2) is 84.3 Å². The molecule has 27 heavy (non-hydrogen) atoms. The van der Waals surface area contributed by atoms with E-state index in [1.807, 2.05) is 72.3 Å². The van der Waals surface area contributed by atoms with Gasteiger partial charge in [0.2, 0.25) is 5.89 Å². The van der Waals surface area contributed by atoms with Crippen molar-refractivity contribution >= 4 is 5.70 Å². The maximum atomic E-state index is 6.06. The van der Waals surface area contributed by atoms with Crippen LogP contribution in [0.1, 0.15) is 17.0 Å². The van der Waals surface area contributed by atoms with E-state index in [1.54, 1.807) is 12.5 Å². The Morgan fingerprint density at radius 2 is 1.89 bits per heavy atom. The average molecular weight is 357 g/mol. The van der Waals surface area contributed by atoms with Gasteiger partial charge in [-0.3, -0.25) is 0 Å². The first kappa shape index (κ1) is 16.8. The van der Waals surface area contributed by atoms with Crippen LogP contribution in [0.25, 0.3) is 17.2 Å². The summed E-state index contributed by atoms with van der Waals surface area (Å²) in [4.78, 5) is 8.66. The van der Waals surface area contributed by atoms with Crippen molar-refractivity contribution in [2.24, 2.45) is 0 Å². The molecule has 0 amide bonds. The molecule has 0 saturated carbocycles. The number of imidazole rings is 1. The van der Waals surface area contributed by atoms with Crippen molar-refractivity contribution in [3.05, 3.63) is 96.9 Å². The molecule has 0 aliphatic rings. The van der Waals surface area contributed by atoms with Gasteiger partial charge < -0.3 is 13.7 Å². The third-order valence-electron chi connectivity index (χ3n) is 4.29. The first-order chi connectivity index (χ1) is 13.2. The molecule has 5 heteroatoms. The summed E-state index contributed by atoms with van der Waals surface area (Å²) in [7, 11) is 0. The molecule has 0 aliphatic heterocycles. The molecule has 0 saturated heterocycles. The third-order valence-corrected chi connectivity index (χ3v) is 4.29. The van der Waals surface area contributed by atoms with Gasteiger partial charge >= 0.3 is 0 Å². The summed E-state index contributed by atoms with van der Waals surface area (Å²) < 4.78 is 13.7. The van der Waals surface area contributed by atoms with Crippen LogP contribution in [-0.2, 0) is 6.61 Å². The van der Waals surface area contributed by atoms with Crippen molar-refractivity contribution in [2.45, 2.75) is 13.5 Å². The van der Waals surface area contributed by atoms with Crippen molar-refractivity contribution in [1.29, 1.82) is 0 Å². The second-order valence-electron chi connectivity index (χ2n) is 6.09. The summed E-state index contributed by atoms with van der Waals surface area (Å²) >= 11 is 0. The van der Waals surface area contributed by atoms with Crippen LogP contribution in [-0.4, -0.2) is 14.5 Å². The summed E-state index contributed by atoms with van der Waals surface area (Å²) in [5.41, 5.74) is 3.42. The van der Waals surface area contributed by atoms with Gasteiger partial charge in [0.05, 0.1) is 12.0 Å². The second-order valence-corrected chi connectivity index (χ2v) is 6.09. The highest BCUT2D eigenvalue weighted by molar-refractivity contribution is 5.68. The minimum absolute atomic E-state index is 0.316. The number of hydrogen-bond donors (Lipinski definition) is 0. The molecule has 0 aliphatic carbocycles. The minimum Gasteiger partial charge on any atom is -0.486 e. The van der Waals surface area contributed by atoms with E-state index in [2.05, 4.69) is 16.5 Å². The van der Waals surface area contributed by atoms with E-state index in [0.29, 0.717) is 12.5 Å². The highest BCUT2D eigenvalue weighted by Crippen LogP contribution is 2.28. The molecule has 0 atom stereocenters. The van der Waals surface area contributed by atoms with Gasteiger partial charge in [-0.15, -0.1) is 0 Å². The molecule has 0 spiro atoms. The van der Waals surface area contributed by atoms with Crippen molar-refractivity contribution in [2.75, 3.05) is 0 Å². The summed E-state index contributed by atoms with van der Waals surface area (Å²) in [6.45, 7) is 6.37. The van der Waals surface area contributed by atoms with Crippen LogP contribution in [0.3, 0.4) is 0 Å². The lowest BCUT2D eigenvalue weighted by Gasteiger charge is -2.13. The fourth-order valence-electron chi connectivity index (χ4n) is 2.80. The lowest BCUT2D eigenvalue weighted by atomic mass is 10.1. The van der Waals surface area contributed by atoms with Crippen LogP contribution in [0.2, 0.25) is 0 Å². The monoisotopic (exact) mass is 357 g/mol. The van der Waals surface area contributed by atoms with Crippen molar-refractivity contribution in [3.8, 4) is 17.2 Å². The third kappa shape index (κ3) is 3.53. The minimum atomic E-state index is 0.316. The van der Waals surface area contributed by atoms with Crippen molar-refractivity contribution < 1.29 is 9.15 Å². The van der Waals surface area contributed by atoms with Crippen molar-refractivity contribution in [1.82, 2.24) is 14.5 Å². The Morgan fingerprint density at radius 1 is 1.11 bits per heavy atom. The maximum Gasteiger partial charge on any atom is 0.226 e. The number of rotatable bonds is 6. The van der Waals surface area contributed by atoms with Crippen molar-refractivity contribution in [3.63, 3.8) is 0 Å². The van der Waals surface area contributed by atoms with Gasteiger partial charge in [-0.2, -0.15) is 0 Å². The zero-order valence-electron chi connectivity index (χ0n) is 15.0. The molecule has 2 aromatic heterocycles. The lowest BCUT2D eigenvalue weighted by molar-refractivity contribution is 0.298. The molecule has 0 unspecified atom stereocenters. The zero-order chi connectivity index (χ0) is 18.6. The highest BCUT2D eigenvalue weighted by Gasteiger charge is 2.14. The van der Waals surface area contributed by atoms with E-state index in [1.165, 1.54) is 0 Å². The predicted octanol–water partition coefficient (Wildman–Crippen LogP) is 4.94. The van der Waals surface area contributed by atoms with Crippen LogP contribution < -0.4 is 4.74 Å². The molecule has 2 aromatic carbocycles. The standard InChI is InChI=1S/C22H19N3O2/c1-16(25-13-12-23-15-25)19-10-6-7-11-21(19)26-14-20-17(2)27-22(24-20)18-8-4-3-5-9-18/h3-13,15H,1,14H2,2H3. The Labute approximate surface area is 157 Å². The highest BCUT2D eigenvalue weighted by atomic mass is 16.5. The fourth-order valence-corrected chi connectivity index (χ4v) is 2.80. The van der Waals surface area contributed by atoms with E-state index in [-0.39, 0.29) is 0 Å². The summed E-state index contributed by atoms with van der Waals surface area (Å²) in [5.74, 6) is 2.09. The van der Waals surface area contributed by atoms with Crippen LogP contribution >= 0.6 is 0 Å². The van der Waals surface area contributed by atoms with Gasteiger partial charge in [0.1, 0.15) is 23.8 Å². The molecular formula is C22H19N3O2. The topological polar surface area (TPSA) is 53.1 Å². The lowest BCUT2D eigenvalue weighted by Crippen LogP contribution is -2.02. The van der Waals surface area contributed by atoms with Crippen LogP contribution in [0, 0.1) is 6.92 Å². The molecule has 0 N–H and O–H groups in total. The van der Waals surface area contributed by atoms with E-state index in [4.69, 9.17) is 9.15 Å². The Balaban J connectivity index is 1.55. The SMILES string of the molecule is C=C(c1ccccc1OCc1nc(-c2ccccc2)oc1C)n1ccnc1. The molecular weight excluding hydrogens is 338 g/mol. The van der Waals surface area contributed by atoms with Gasteiger partial charge in [-0.25, -0.2) is 9.97 Å². The Morgan fingerprint density at radius 3 is 2.67 bits per heavy atom. The predicted molar refractivity (Wildman–Crippen MR) is 104 cm³/mol. The van der Waals surface area contributed by atoms with E-state index in [0.717, 1.165) is 34.0 Å². The molecule has 0 bridgehead atoms. The summed E-state index contributed by atoms with van der Waals surface area (Å²) in [6, 6.07) is 17.6. The van der Waals surface area contributed by atoms with E-state index >= 15 is 0 Å². The van der Waals surface area contributed by atoms with Gasteiger partial charge in [0, 0.05) is 23.5 Å². The number of ether oxygens (including phenoxy) is 1. The number of para-hydroxylation sites is 1. The normalized spacial score (nSPS) is 10.7. The number of benzene rings is 2. The van der Waals surface area contributed by atoms with Crippen LogP contribution in [0.4, 0.5) is 0 Å². The molecule has 5 nitrogen and oxygen atoms in total. The largest absolute Gasteiger partial charge is 0.486 e. The summed E-state index contributed by atoms with van der Waals surface area (Å²) in [6.07, 6.45) is 5.29. The van der Waals surface area contributed by atoms with Gasteiger partial charge in [-0.1, -0.05) is 36.9 Å². The first-order valence-electron chi connectivity index (χ1n) is 8.63. The van der Waals surface area contributed by atoms with Gasteiger partial charge in [-0.05, 0) is 31.2 Å². The van der Waals surface area contributed by atoms with Gasteiger partial charge in [0.15, 0.2) is 0 Å². The Bertz CT molecular complexity index is 1050. The number of aryl methyl sites for hydroxylation is 1. The average Bonchev–Trinajstić information content (AvgIpc) is 3.37. The molecule has 4 rings (SSSR count). The van der Waals surface area contributed by atoms with Crippen LogP contribution in [0.5, 0.6) is 5.75 Å². The number of nitrogens with zero attached hydrogens (tertiary/aromatic N) is 3.